The Morgan fingerprint density at radius 3 is 2.77 bits per heavy atom. The quantitative estimate of drug-likeness (QED) is 0.321. The first-order chi connectivity index (χ1) is 6.15. The Morgan fingerprint density at radius 1 is 1.54 bits per heavy atom. The van der Waals surface area contributed by atoms with Gasteiger partial charge in [0.05, 0.1) is 4.92 Å². The van der Waals surface area contributed by atoms with Crippen molar-refractivity contribution in [3.05, 3.63) is 28.3 Å². The van der Waals surface area contributed by atoms with E-state index in [0.29, 0.717) is 0 Å². The van der Waals surface area contributed by atoms with Gasteiger partial charge in [0.15, 0.2) is 5.69 Å². The van der Waals surface area contributed by atoms with Gasteiger partial charge in [-0.1, -0.05) is 0 Å². The summed E-state index contributed by atoms with van der Waals surface area (Å²) in [6.07, 6.45) is 1.17. The average molecular weight is 180 g/mol. The lowest BCUT2D eigenvalue weighted by Gasteiger charge is -1.95. The van der Waals surface area contributed by atoms with Crippen molar-refractivity contribution in [2.75, 3.05) is 0 Å². The molecule has 0 heterocycles. The summed E-state index contributed by atoms with van der Waals surface area (Å²) in [5, 5.41) is 19.3. The van der Waals surface area contributed by atoms with Gasteiger partial charge in [0.25, 0.3) is 5.69 Å². The van der Waals surface area contributed by atoms with Crippen molar-refractivity contribution in [2.24, 2.45) is 4.99 Å². The van der Waals surface area contributed by atoms with Crippen LogP contribution in [0.5, 0.6) is 5.75 Å². The Labute approximate surface area is 72.3 Å². The number of nitro groups is 1. The number of phenols is 1. The molecule has 0 fully saturated rings. The highest BCUT2D eigenvalue weighted by molar-refractivity contribution is 5.63. The molecule has 0 bridgehead atoms. The second-order valence-electron chi connectivity index (χ2n) is 2.13. The third kappa shape index (κ3) is 1.88. The molecule has 0 spiro atoms. The largest absolute Gasteiger partial charge is 0.508 e. The van der Waals surface area contributed by atoms with Crippen molar-refractivity contribution in [1.29, 1.82) is 0 Å². The second-order valence-corrected chi connectivity index (χ2v) is 2.13. The zero-order chi connectivity index (χ0) is 9.84. The lowest BCUT2D eigenvalue weighted by atomic mass is 10.2. The molecular weight excluding hydrogens is 176 g/mol. The van der Waals surface area contributed by atoms with Crippen LogP contribution in [-0.2, 0) is 4.79 Å². The summed E-state index contributed by atoms with van der Waals surface area (Å²) in [6, 6.07) is 3.22. The molecule has 0 saturated heterocycles. The van der Waals surface area contributed by atoms with Crippen LogP contribution in [0.25, 0.3) is 0 Å². The lowest BCUT2D eigenvalue weighted by Crippen LogP contribution is -1.87. The normalized spacial score (nSPS) is 8.92. The van der Waals surface area contributed by atoms with Crippen LogP contribution in [0.15, 0.2) is 23.2 Å². The van der Waals surface area contributed by atoms with Gasteiger partial charge in [-0.05, 0) is 6.07 Å². The van der Waals surface area contributed by atoms with Crippen LogP contribution in [0.3, 0.4) is 0 Å². The molecular formula is C7H4N2O4. The van der Waals surface area contributed by atoms with Crippen LogP contribution in [0.4, 0.5) is 11.4 Å². The minimum atomic E-state index is -0.699. The monoisotopic (exact) mass is 180 g/mol. The summed E-state index contributed by atoms with van der Waals surface area (Å²) in [6.45, 7) is 0. The maximum Gasteiger partial charge on any atom is 0.296 e. The number of hydrogen-bond donors (Lipinski definition) is 1. The van der Waals surface area contributed by atoms with Crippen LogP contribution in [-0.4, -0.2) is 16.1 Å². The fourth-order valence-corrected chi connectivity index (χ4v) is 0.805. The average Bonchev–Trinajstić information content (AvgIpc) is 2.04. The number of hydrogen-bond acceptors (Lipinski definition) is 5. The highest BCUT2D eigenvalue weighted by Gasteiger charge is 2.12. The van der Waals surface area contributed by atoms with Crippen molar-refractivity contribution >= 4 is 17.5 Å². The Hall–Kier alpha value is -2.20. The van der Waals surface area contributed by atoms with E-state index in [2.05, 4.69) is 4.99 Å². The Bertz CT molecular complexity index is 395. The van der Waals surface area contributed by atoms with Gasteiger partial charge >= 0.3 is 0 Å². The van der Waals surface area contributed by atoms with Crippen molar-refractivity contribution in [3.8, 4) is 5.75 Å². The van der Waals surface area contributed by atoms with Crippen molar-refractivity contribution in [2.45, 2.75) is 0 Å². The highest BCUT2D eigenvalue weighted by atomic mass is 16.6. The van der Waals surface area contributed by atoms with E-state index in [4.69, 9.17) is 5.11 Å². The molecule has 6 nitrogen and oxygen atoms in total. The van der Waals surface area contributed by atoms with Crippen LogP contribution in [0, 0.1) is 10.1 Å². The number of nitrogens with zero attached hydrogens (tertiary/aromatic N) is 2. The molecule has 0 unspecified atom stereocenters. The fourth-order valence-electron chi connectivity index (χ4n) is 0.805. The third-order valence-electron chi connectivity index (χ3n) is 1.32. The smallest absolute Gasteiger partial charge is 0.296 e. The van der Waals surface area contributed by atoms with Gasteiger partial charge in [-0.15, -0.1) is 0 Å². The van der Waals surface area contributed by atoms with Gasteiger partial charge < -0.3 is 5.11 Å². The molecule has 0 atom stereocenters. The molecule has 6 heteroatoms. The molecule has 1 aromatic rings. The van der Waals surface area contributed by atoms with Crippen molar-refractivity contribution < 1.29 is 14.8 Å². The van der Waals surface area contributed by atoms with Crippen LogP contribution in [0.2, 0.25) is 0 Å². The summed E-state index contributed by atoms with van der Waals surface area (Å²) in [5.41, 5.74) is -0.554. The molecule has 13 heavy (non-hydrogen) atoms. The van der Waals surface area contributed by atoms with E-state index in [9.17, 15) is 14.9 Å². The SMILES string of the molecule is O=C=Nc1cc(O)ccc1[N+](=O)[O-]. The first-order valence-corrected chi connectivity index (χ1v) is 3.20. The molecule has 0 saturated carbocycles. The van der Waals surface area contributed by atoms with Crippen LogP contribution < -0.4 is 0 Å². The second kappa shape index (κ2) is 3.46. The molecule has 0 aliphatic carbocycles. The maximum atomic E-state index is 10.3. The fraction of sp³-hybridized carbons (Fsp3) is 0. The molecule has 0 aliphatic heterocycles. The zero-order valence-corrected chi connectivity index (χ0v) is 6.30. The van der Waals surface area contributed by atoms with Crippen LogP contribution in [0.1, 0.15) is 0 Å². The molecule has 0 amide bonds. The molecule has 66 valence electrons. The van der Waals surface area contributed by atoms with E-state index in [1.54, 1.807) is 0 Å². The summed E-state index contributed by atoms with van der Waals surface area (Å²) in [4.78, 5) is 22.6. The first-order valence-electron chi connectivity index (χ1n) is 3.20. The standard InChI is InChI=1S/C7H4N2O4/c10-4-8-6-3-5(11)1-2-7(6)9(12)13/h1-3,11H. The lowest BCUT2D eigenvalue weighted by molar-refractivity contribution is -0.384. The highest BCUT2D eigenvalue weighted by Crippen LogP contribution is 2.30. The van der Waals surface area contributed by atoms with E-state index in [1.165, 1.54) is 6.08 Å². The van der Waals surface area contributed by atoms with E-state index in [0.717, 1.165) is 18.2 Å². The predicted octanol–water partition coefficient (Wildman–Crippen LogP) is 1.27. The van der Waals surface area contributed by atoms with Crippen molar-refractivity contribution in [3.63, 3.8) is 0 Å². The zero-order valence-electron chi connectivity index (χ0n) is 6.30. The molecule has 1 aromatic carbocycles. The molecule has 0 radical (unpaired) electrons. The van der Waals surface area contributed by atoms with Gasteiger partial charge in [0.1, 0.15) is 5.75 Å². The predicted molar refractivity (Wildman–Crippen MR) is 42.5 cm³/mol. The van der Waals surface area contributed by atoms with Crippen molar-refractivity contribution in [1.82, 2.24) is 0 Å². The van der Waals surface area contributed by atoms with E-state index in [1.807, 2.05) is 0 Å². The Kier molecular flexibility index (Phi) is 2.37. The van der Waals surface area contributed by atoms with Gasteiger partial charge in [-0.3, -0.25) is 10.1 Å². The van der Waals surface area contributed by atoms with E-state index in [-0.39, 0.29) is 17.1 Å². The minimum absolute atomic E-state index is 0.195. The number of isocyanates is 1. The summed E-state index contributed by atoms with van der Waals surface area (Å²) in [7, 11) is 0. The number of aromatic hydroxyl groups is 1. The number of benzene rings is 1. The summed E-state index contributed by atoms with van der Waals surface area (Å²) >= 11 is 0. The van der Waals surface area contributed by atoms with E-state index >= 15 is 0 Å². The molecule has 0 aliphatic rings. The van der Waals surface area contributed by atoms with Gasteiger partial charge in [0.2, 0.25) is 6.08 Å². The minimum Gasteiger partial charge on any atom is -0.508 e. The number of carbonyl (C=O) groups excluding carboxylic acids is 1. The van der Waals surface area contributed by atoms with E-state index < -0.39 is 4.92 Å². The number of nitro benzene ring substituents is 1. The summed E-state index contributed by atoms with van der Waals surface area (Å²) in [5.74, 6) is -0.195. The Morgan fingerprint density at radius 2 is 2.23 bits per heavy atom. The third-order valence-corrected chi connectivity index (χ3v) is 1.32. The van der Waals surface area contributed by atoms with Gasteiger partial charge in [0, 0.05) is 12.1 Å². The number of phenolic OH excluding ortho intramolecular Hbond substituents is 1. The van der Waals surface area contributed by atoms with Gasteiger partial charge in [-0.2, -0.15) is 4.99 Å². The Balaban J connectivity index is 3.34. The summed E-state index contributed by atoms with van der Waals surface area (Å²) < 4.78 is 0. The van der Waals surface area contributed by atoms with Gasteiger partial charge in [-0.25, -0.2) is 4.79 Å². The molecule has 1 rings (SSSR count). The topological polar surface area (TPSA) is 92.8 Å². The number of aliphatic imine (C=N–C) groups is 1. The maximum absolute atomic E-state index is 10.3. The first kappa shape index (κ1) is 8.89. The number of rotatable bonds is 2. The molecule has 0 aromatic heterocycles. The molecule has 1 N–H and O–H groups in total. The van der Waals surface area contributed by atoms with Crippen LogP contribution >= 0.6 is 0 Å².